The Morgan fingerprint density at radius 1 is 0.977 bits per heavy atom. The number of fused-ring (bicyclic) bond motifs is 1. The number of aryl methyl sites for hydroxylation is 2. The van der Waals surface area contributed by atoms with Gasteiger partial charge in [0.2, 0.25) is 5.91 Å². The Balaban J connectivity index is 1.13. The van der Waals surface area contributed by atoms with Crippen molar-refractivity contribution in [1.29, 1.82) is 0 Å². The Morgan fingerprint density at radius 2 is 1.75 bits per heavy atom. The summed E-state index contributed by atoms with van der Waals surface area (Å²) < 4.78 is 38.7. The number of aromatic nitrogens is 5. The van der Waals surface area contributed by atoms with E-state index in [2.05, 4.69) is 42.4 Å². The molecular formula is C32H23F3N6OS2. The second-order valence-corrected chi connectivity index (χ2v) is 11.8. The molecule has 0 atom stereocenters. The Hall–Kier alpha value is -4.81. The zero-order valence-corrected chi connectivity index (χ0v) is 24.9. The van der Waals surface area contributed by atoms with Crippen molar-refractivity contribution in [2.45, 2.75) is 29.9 Å². The lowest BCUT2D eigenvalue weighted by molar-refractivity contribution is -0.137. The lowest BCUT2D eigenvalue weighted by atomic mass is 10.0. The Labute approximate surface area is 258 Å². The third kappa shape index (κ3) is 6.41. The van der Waals surface area contributed by atoms with Crippen molar-refractivity contribution in [2.24, 2.45) is 0 Å². The number of nitrogens with one attached hydrogen (secondary N) is 2. The number of carbonyl (C=O) groups is 1. The number of H-pyrrole nitrogens is 1. The highest BCUT2D eigenvalue weighted by Crippen LogP contribution is 2.37. The molecule has 12 heteroatoms. The number of thiazole rings is 1. The maximum absolute atomic E-state index is 12.9. The summed E-state index contributed by atoms with van der Waals surface area (Å²) in [5.74, 6) is -0.347. The number of anilines is 1. The van der Waals surface area contributed by atoms with Gasteiger partial charge in [-0.3, -0.25) is 10.1 Å². The van der Waals surface area contributed by atoms with Crippen molar-refractivity contribution >= 4 is 51.4 Å². The van der Waals surface area contributed by atoms with Crippen molar-refractivity contribution in [3.05, 3.63) is 107 Å². The normalized spacial score (nSPS) is 11.8. The maximum Gasteiger partial charge on any atom is 0.416 e. The number of carbonyl (C=O) groups excluding carboxylic acids is 1. The van der Waals surface area contributed by atoms with E-state index < -0.39 is 11.7 Å². The summed E-state index contributed by atoms with van der Waals surface area (Å²) in [4.78, 5) is 34.3. The van der Waals surface area contributed by atoms with Gasteiger partial charge < -0.3 is 4.98 Å². The van der Waals surface area contributed by atoms with Gasteiger partial charge in [0.05, 0.1) is 17.6 Å². The molecular weight excluding hydrogens is 606 g/mol. The SMILES string of the molecule is Cc1cc(Sc2ncnc3[nH]cnc23)cc(C)c1-c1csc(NC(=O)/C=C/c2cccc(-c3ccc(C(F)(F)F)cc3)c2)n1. The van der Waals surface area contributed by atoms with Gasteiger partial charge in [0.15, 0.2) is 10.8 Å². The molecule has 6 rings (SSSR count). The van der Waals surface area contributed by atoms with E-state index in [0.717, 1.165) is 61.1 Å². The zero-order chi connectivity index (χ0) is 30.8. The number of benzene rings is 3. The van der Waals surface area contributed by atoms with Crippen LogP contribution < -0.4 is 5.32 Å². The first-order valence-electron chi connectivity index (χ1n) is 13.3. The standard InChI is InChI=1S/C32H23F3N6OS2/c1-18-12-24(44-30-28-29(37-16-36-28)38-17-39-30)13-19(2)27(18)25-15-43-31(40-25)41-26(42)11-6-20-4-3-5-22(14-20)21-7-9-23(10-8-21)32(33,34)35/h3-17H,1-2H3,(H,40,41,42)(H,36,37,38,39)/b11-6+. The van der Waals surface area contributed by atoms with Gasteiger partial charge in [0.1, 0.15) is 16.9 Å². The predicted octanol–water partition coefficient (Wildman–Crippen LogP) is 8.58. The lowest BCUT2D eigenvalue weighted by Crippen LogP contribution is -2.07. The first-order valence-corrected chi connectivity index (χ1v) is 15.0. The van der Waals surface area contributed by atoms with Gasteiger partial charge in [-0.2, -0.15) is 13.2 Å². The number of alkyl halides is 3. The molecule has 0 unspecified atom stereocenters. The number of hydrogen-bond donors (Lipinski definition) is 2. The summed E-state index contributed by atoms with van der Waals surface area (Å²) in [5, 5.41) is 5.95. The van der Waals surface area contributed by atoms with Crippen LogP contribution in [0.2, 0.25) is 0 Å². The minimum absolute atomic E-state index is 0.347. The fourth-order valence-corrected chi connectivity index (χ4v) is 6.50. The third-order valence-electron chi connectivity index (χ3n) is 6.75. The van der Waals surface area contributed by atoms with Crippen molar-refractivity contribution in [3.63, 3.8) is 0 Å². The fourth-order valence-electron chi connectivity index (χ4n) is 4.75. The highest BCUT2D eigenvalue weighted by atomic mass is 32.2. The molecule has 0 aliphatic rings. The molecule has 0 saturated heterocycles. The molecule has 0 radical (unpaired) electrons. The number of halogens is 3. The van der Waals surface area contributed by atoms with Gasteiger partial charge in [-0.25, -0.2) is 19.9 Å². The zero-order valence-electron chi connectivity index (χ0n) is 23.3. The molecule has 6 aromatic rings. The lowest BCUT2D eigenvalue weighted by Gasteiger charge is -2.11. The Bertz CT molecular complexity index is 1990. The van der Waals surface area contributed by atoms with Crippen LogP contribution in [0.25, 0.3) is 39.6 Å². The van der Waals surface area contributed by atoms with Crippen LogP contribution in [0.1, 0.15) is 22.3 Å². The number of rotatable bonds is 7. The Morgan fingerprint density at radius 3 is 2.50 bits per heavy atom. The topological polar surface area (TPSA) is 96.5 Å². The van der Waals surface area contributed by atoms with Crippen molar-refractivity contribution < 1.29 is 18.0 Å². The summed E-state index contributed by atoms with van der Waals surface area (Å²) in [6, 6.07) is 16.4. The quantitative estimate of drug-likeness (QED) is 0.136. The molecule has 0 bridgehead atoms. The maximum atomic E-state index is 12.9. The van der Waals surface area contributed by atoms with Crippen LogP contribution in [0.15, 0.2) is 94.7 Å². The van der Waals surface area contributed by atoms with Crippen LogP contribution in [-0.2, 0) is 11.0 Å². The molecule has 3 aromatic heterocycles. The molecule has 0 saturated carbocycles. The van der Waals surface area contributed by atoms with E-state index in [1.54, 1.807) is 24.5 Å². The molecule has 1 amide bonds. The van der Waals surface area contributed by atoms with Gasteiger partial charge >= 0.3 is 6.18 Å². The Kier molecular flexibility index (Phi) is 8.02. The monoisotopic (exact) mass is 628 g/mol. The van der Waals surface area contributed by atoms with Crippen LogP contribution in [-0.4, -0.2) is 30.8 Å². The smallest absolute Gasteiger partial charge is 0.329 e. The molecule has 3 aromatic carbocycles. The second kappa shape index (κ2) is 12.1. The first-order chi connectivity index (χ1) is 21.1. The number of aromatic amines is 1. The molecule has 0 aliphatic carbocycles. The average molecular weight is 629 g/mol. The number of nitrogens with zero attached hydrogens (tertiary/aromatic N) is 4. The molecule has 0 aliphatic heterocycles. The van der Waals surface area contributed by atoms with Gasteiger partial charge in [-0.15, -0.1) is 11.3 Å². The molecule has 220 valence electrons. The molecule has 3 heterocycles. The van der Waals surface area contributed by atoms with E-state index in [4.69, 9.17) is 0 Å². The van der Waals surface area contributed by atoms with E-state index in [0.29, 0.717) is 16.3 Å². The first kappa shape index (κ1) is 29.3. The van der Waals surface area contributed by atoms with Crippen LogP contribution >= 0.6 is 23.1 Å². The minimum atomic E-state index is -4.39. The van der Waals surface area contributed by atoms with Crippen LogP contribution in [0, 0.1) is 13.8 Å². The number of imidazole rings is 1. The summed E-state index contributed by atoms with van der Waals surface area (Å²) in [6.07, 6.45) is 1.78. The van der Waals surface area contributed by atoms with Crippen LogP contribution in [0.5, 0.6) is 0 Å². The second-order valence-electron chi connectivity index (χ2n) is 9.87. The van der Waals surface area contributed by atoms with Crippen LogP contribution in [0.4, 0.5) is 18.3 Å². The van der Waals surface area contributed by atoms with Gasteiger partial charge in [-0.1, -0.05) is 42.1 Å². The summed E-state index contributed by atoms with van der Waals surface area (Å²) in [5.41, 5.74) is 6.67. The van der Waals surface area contributed by atoms with Crippen molar-refractivity contribution in [2.75, 3.05) is 5.32 Å². The van der Waals surface area contributed by atoms with E-state index in [1.807, 2.05) is 31.4 Å². The van der Waals surface area contributed by atoms with Crippen molar-refractivity contribution in [1.82, 2.24) is 24.9 Å². The average Bonchev–Trinajstić information content (AvgIpc) is 3.66. The highest BCUT2D eigenvalue weighted by molar-refractivity contribution is 7.99. The predicted molar refractivity (Wildman–Crippen MR) is 167 cm³/mol. The third-order valence-corrected chi connectivity index (χ3v) is 8.48. The molecule has 0 fully saturated rings. The fraction of sp³-hybridized carbons (Fsp3) is 0.0938. The van der Waals surface area contributed by atoms with Gasteiger partial charge in [-0.05, 0) is 78.1 Å². The van der Waals surface area contributed by atoms with E-state index in [9.17, 15) is 18.0 Å². The van der Waals surface area contributed by atoms with E-state index in [1.165, 1.54) is 47.6 Å². The number of hydrogen-bond acceptors (Lipinski definition) is 7. The largest absolute Gasteiger partial charge is 0.416 e. The minimum Gasteiger partial charge on any atom is -0.329 e. The molecule has 2 N–H and O–H groups in total. The van der Waals surface area contributed by atoms with Gasteiger partial charge in [0.25, 0.3) is 0 Å². The molecule has 44 heavy (non-hydrogen) atoms. The number of amides is 1. The van der Waals surface area contributed by atoms with Gasteiger partial charge in [0, 0.05) is 21.9 Å². The summed E-state index contributed by atoms with van der Waals surface area (Å²) >= 11 is 2.85. The van der Waals surface area contributed by atoms with E-state index >= 15 is 0 Å². The van der Waals surface area contributed by atoms with Crippen LogP contribution in [0.3, 0.4) is 0 Å². The summed E-state index contributed by atoms with van der Waals surface area (Å²) in [7, 11) is 0. The molecule has 7 nitrogen and oxygen atoms in total. The highest BCUT2D eigenvalue weighted by Gasteiger charge is 2.30. The molecule has 0 spiro atoms. The summed E-state index contributed by atoms with van der Waals surface area (Å²) in [6.45, 7) is 4.05. The van der Waals surface area contributed by atoms with E-state index in [-0.39, 0.29) is 5.91 Å². The van der Waals surface area contributed by atoms with Crippen molar-refractivity contribution in [3.8, 4) is 22.4 Å².